The van der Waals surface area contributed by atoms with Gasteiger partial charge in [-0.05, 0) is 39.0 Å². The monoisotopic (exact) mass is 705 g/mol. The first-order chi connectivity index (χ1) is 22.6. The number of ether oxygens (including phenoxy) is 5. The summed E-state index contributed by atoms with van der Waals surface area (Å²) in [5.41, 5.74) is 0. The highest BCUT2D eigenvalue weighted by molar-refractivity contribution is 5.73. The molecule has 17 heteroatoms. The van der Waals surface area contributed by atoms with Crippen LogP contribution in [0, 0.1) is 11.8 Å². The number of amides is 1. The van der Waals surface area contributed by atoms with E-state index in [1.54, 1.807) is 0 Å². The van der Waals surface area contributed by atoms with Crippen LogP contribution in [0.4, 0.5) is 17.6 Å². The average molecular weight is 706 g/mol. The van der Waals surface area contributed by atoms with Gasteiger partial charge in [-0.3, -0.25) is 4.79 Å². The maximum atomic E-state index is 14.0. The van der Waals surface area contributed by atoms with Crippen LogP contribution < -0.4 is 5.32 Å². The number of aliphatic hydroxyl groups is 4. The predicted octanol–water partition coefficient (Wildman–Crippen LogP) is 1.95. The molecule has 2 saturated heterocycles. The van der Waals surface area contributed by atoms with Gasteiger partial charge in [0.1, 0.15) is 42.7 Å². The fourth-order valence-electron chi connectivity index (χ4n) is 6.50. The highest BCUT2D eigenvalue weighted by Crippen LogP contribution is 2.33. The molecule has 13 atom stereocenters. The molecule has 1 amide bonds. The van der Waals surface area contributed by atoms with Crippen molar-refractivity contribution in [2.75, 3.05) is 6.61 Å². The van der Waals surface area contributed by atoms with Gasteiger partial charge in [-0.25, -0.2) is 22.4 Å². The molecule has 3 aliphatic rings. The summed E-state index contributed by atoms with van der Waals surface area (Å²) in [6.45, 7) is 3.55. The van der Waals surface area contributed by atoms with Crippen molar-refractivity contribution in [2.24, 2.45) is 11.8 Å². The van der Waals surface area contributed by atoms with Gasteiger partial charge in [-0.15, -0.1) is 0 Å². The Morgan fingerprint density at radius 2 is 1.56 bits per heavy atom. The molecule has 0 radical (unpaired) electrons. The van der Waals surface area contributed by atoms with Crippen LogP contribution in [-0.2, 0) is 33.3 Å². The average Bonchev–Trinajstić information content (AvgIpc) is 3.02. The topological polar surface area (TPSA) is 193 Å². The van der Waals surface area contributed by atoms with E-state index < -0.39 is 111 Å². The zero-order valence-electron chi connectivity index (χ0n) is 27.4. The first-order valence-corrected chi connectivity index (χ1v) is 16.6. The number of carbonyl (C=O) groups excluding carboxylic acids is 1. The van der Waals surface area contributed by atoms with Crippen LogP contribution in [0.1, 0.15) is 78.6 Å². The van der Waals surface area contributed by atoms with Crippen molar-refractivity contribution in [1.82, 2.24) is 5.32 Å². The number of carbonyl (C=O) groups is 2. The van der Waals surface area contributed by atoms with Gasteiger partial charge < -0.3 is 54.5 Å². The first-order valence-electron chi connectivity index (χ1n) is 16.6. The summed E-state index contributed by atoms with van der Waals surface area (Å²) in [6, 6.07) is -1.39. The number of aliphatic carboxylic acids is 1. The molecule has 13 nitrogen and oxygen atoms in total. The lowest BCUT2D eigenvalue weighted by Crippen LogP contribution is -2.67. The molecule has 3 fully saturated rings. The molecule has 48 heavy (non-hydrogen) atoms. The van der Waals surface area contributed by atoms with Gasteiger partial charge in [0.2, 0.25) is 12.3 Å². The molecule has 0 spiro atoms. The molecule has 6 N–H and O–H groups in total. The Morgan fingerprint density at radius 3 is 2.15 bits per heavy atom. The predicted molar refractivity (Wildman–Crippen MR) is 158 cm³/mol. The lowest BCUT2D eigenvalue weighted by molar-refractivity contribution is -0.305. The Balaban J connectivity index is 1.64. The molecular weight excluding hydrogens is 654 g/mol. The third-order valence-electron chi connectivity index (χ3n) is 9.29. The molecule has 1 saturated carbocycles. The molecule has 3 rings (SSSR count). The first kappa shape index (κ1) is 40.7. The van der Waals surface area contributed by atoms with Crippen LogP contribution >= 0.6 is 0 Å². The second kappa shape index (κ2) is 19.1. The quantitative estimate of drug-likeness (QED) is 0.121. The van der Waals surface area contributed by atoms with Gasteiger partial charge >= 0.3 is 5.97 Å². The summed E-state index contributed by atoms with van der Waals surface area (Å²) in [7, 11) is 0. The van der Waals surface area contributed by atoms with E-state index >= 15 is 0 Å². The van der Waals surface area contributed by atoms with Crippen molar-refractivity contribution < 1.29 is 76.4 Å². The van der Waals surface area contributed by atoms with Crippen LogP contribution in [0.2, 0.25) is 0 Å². The second-order valence-corrected chi connectivity index (χ2v) is 13.2. The van der Waals surface area contributed by atoms with Gasteiger partial charge in [0.05, 0.1) is 18.8 Å². The van der Waals surface area contributed by atoms with E-state index in [1.165, 1.54) is 13.8 Å². The van der Waals surface area contributed by atoms with E-state index in [4.69, 9.17) is 23.7 Å². The molecule has 1 aliphatic carbocycles. The number of hydrogen-bond donors (Lipinski definition) is 6. The van der Waals surface area contributed by atoms with Gasteiger partial charge in [-0.1, -0.05) is 38.5 Å². The van der Waals surface area contributed by atoms with E-state index in [2.05, 4.69) is 5.32 Å². The Bertz CT molecular complexity index is 995. The van der Waals surface area contributed by atoms with Gasteiger partial charge in [0.25, 0.3) is 6.43 Å². The fourth-order valence-corrected chi connectivity index (χ4v) is 6.50. The molecule has 0 bridgehead atoms. The zero-order valence-corrected chi connectivity index (χ0v) is 27.4. The summed E-state index contributed by atoms with van der Waals surface area (Å²) in [4.78, 5) is 24.3. The summed E-state index contributed by atoms with van der Waals surface area (Å²) in [5.74, 6) is -3.28. The molecule has 280 valence electrons. The Kier molecular flexibility index (Phi) is 16.2. The van der Waals surface area contributed by atoms with Gasteiger partial charge in [0.15, 0.2) is 18.7 Å². The highest BCUT2D eigenvalue weighted by Gasteiger charge is 2.52. The van der Waals surface area contributed by atoms with E-state index in [1.807, 2.05) is 0 Å². The zero-order chi connectivity index (χ0) is 35.7. The molecule has 0 aromatic carbocycles. The largest absolute Gasteiger partial charge is 0.479 e. The van der Waals surface area contributed by atoms with Crippen molar-refractivity contribution >= 4 is 11.9 Å². The Hall–Kier alpha value is -1.70. The van der Waals surface area contributed by atoms with Crippen LogP contribution in [0.15, 0.2) is 0 Å². The fraction of sp³-hybridized carbons (Fsp3) is 0.935. The smallest absolute Gasteiger partial charge is 0.332 e. The molecule has 4 unspecified atom stereocenters. The standard InChI is InChI=1S/C31H51F4NO12/c1-14(8-7-11-18(27(32)33)13-44-31-23(40)22(39)21(38)15(2)46-31)45-30-20(36-16(3)37)25(24(41)26(48-30)28(34)35)47-19(29(42)43)12-17-9-5-4-6-10-17/h14-15,17-28,30-31,38-41H,4-13H2,1-3H3,(H,36,37)(H,42,43)/t14-,15-,18+,19-,20?,21?,22-,23-,24+,25?,26+,30+,31?/m0/s1. The second-order valence-electron chi connectivity index (χ2n) is 13.2. The third kappa shape index (κ3) is 11.4. The number of carboxylic acids is 1. The van der Waals surface area contributed by atoms with E-state index in [0.717, 1.165) is 39.0 Å². The van der Waals surface area contributed by atoms with Crippen molar-refractivity contribution in [1.29, 1.82) is 0 Å². The molecular formula is C31H51F4NO12. The van der Waals surface area contributed by atoms with E-state index in [9.17, 15) is 52.7 Å². The number of halogens is 4. The van der Waals surface area contributed by atoms with Crippen molar-refractivity contribution in [3.8, 4) is 0 Å². The number of aliphatic hydroxyl groups excluding tert-OH is 4. The van der Waals surface area contributed by atoms with Crippen molar-refractivity contribution in [3.63, 3.8) is 0 Å². The van der Waals surface area contributed by atoms with E-state index in [-0.39, 0.29) is 31.6 Å². The Morgan fingerprint density at radius 1 is 0.896 bits per heavy atom. The molecule has 0 aromatic rings. The summed E-state index contributed by atoms with van der Waals surface area (Å²) in [5, 5.41) is 53.1. The van der Waals surface area contributed by atoms with Crippen LogP contribution in [0.5, 0.6) is 0 Å². The third-order valence-corrected chi connectivity index (χ3v) is 9.29. The summed E-state index contributed by atoms with van der Waals surface area (Å²) in [6.07, 6.45) is -18.0. The Labute approximate surface area is 277 Å². The maximum absolute atomic E-state index is 14.0. The lowest BCUT2D eigenvalue weighted by Gasteiger charge is -2.45. The van der Waals surface area contributed by atoms with Crippen LogP contribution in [0.3, 0.4) is 0 Å². The normalized spacial score (nSPS) is 35.4. The number of hydrogen-bond acceptors (Lipinski definition) is 11. The van der Waals surface area contributed by atoms with Crippen LogP contribution in [-0.4, -0.2) is 130 Å². The minimum atomic E-state index is -3.22. The van der Waals surface area contributed by atoms with Gasteiger partial charge in [0, 0.05) is 12.8 Å². The van der Waals surface area contributed by atoms with Crippen LogP contribution in [0.25, 0.3) is 0 Å². The number of nitrogens with one attached hydrogen (secondary N) is 1. The van der Waals surface area contributed by atoms with E-state index in [0.29, 0.717) is 0 Å². The summed E-state index contributed by atoms with van der Waals surface area (Å²) >= 11 is 0. The number of alkyl halides is 4. The molecule has 0 aromatic heterocycles. The van der Waals surface area contributed by atoms with Gasteiger partial charge in [-0.2, -0.15) is 0 Å². The van der Waals surface area contributed by atoms with Crippen molar-refractivity contribution in [3.05, 3.63) is 0 Å². The highest BCUT2D eigenvalue weighted by atomic mass is 19.3. The minimum absolute atomic E-state index is 0.0276. The SMILES string of the molecule is CC(=O)NC1C(O[C@@H](CC2CCCCC2)C(=O)O)[C@@H](O)[C@H](C(F)F)O[C@H]1O[C@@H](C)CCC[C@H](COC1O[C@@H](C)C(O)[C@H](O)[C@@H]1O)C(F)F. The van der Waals surface area contributed by atoms with Crippen molar-refractivity contribution in [2.45, 2.75) is 165 Å². The lowest BCUT2D eigenvalue weighted by atomic mass is 9.85. The maximum Gasteiger partial charge on any atom is 0.332 e. The number of carboxylic acid groups (broad SMARTS) is 1. The number of rotatable bonds is 17. The summed E-state index contributed by atoms with van der Waals surface area (Å²) < 4.78 is 83.4. The molecule has 2 aliphatic heterocycles. The minimum Gasteiger partial charge on any atom is -0.479 e. The molecule has 2 heterocycles.